The molecule has 1 aromatic heterocycles. The number of esters is 1. The fourth-order valence-electron chi connectivity index (χ4n) is 1.51. The molecule has 7 heteroatoms. The number of carbonyl (C=O) groups is 2. The molecule has 0 spiro atoms. The minimum atomic E-state index is -0.478. The van der Waals surface area contributed by atoms with Crippen LogP contribution in [-0.2, 0) is 4.74 Å². The second-order valence-corrected chi connectivity index (χ2v) is 5.91. The third-order valence-corrected chi connectivity index (χ3v) is 4.02. The summed E-state index contributed by atoms with van der Waals surface area (Å²) < 4.78 is 4.83. The number of carbonyl (C=O) groups excluding carboxylic acids is 2. The monoisotopic (exact) mass is 316 g/mol. The van der Waals surface area contributed by atoms with Crippen molar-refractivity contribution in [3.8, 4) is 0 Å². The molecule has 1 rings (SSSR count). The van der Waals surface area contributed by atoms with Crippen LogP contribution < -0.4 is 5.32 Å². The van der Waals surface area contributed by atoms with E-state index in [0.29, 0.717) is 13.2 Å². The molecule has 0 unspecified atom stereocenters. The van der Waals surface area contributed by atoms with Gasteiger partial charge in [-0.3, -0.25) is 4.79 Å². The summed E-state index contributed by atoms with van der Waals surface area (Å²) >= 11 is 2.96. The van der Waals surface area contributed by atoms with E-state index in [1.807, 2.05) is 11.8 Å². The van der Waals surface area contributed by atoms with Crippen LogP contribution in [0.5, 0.6) is 0 Å². The summed E-state index contributed by atoms with van der Waals surface area (Å²) in [5.41, 5.74) is 0.280. The zero-order valence-corrected chi connectivity index (χ0v) is 13.4. The first-order valence-electron chi connectivity index (χ1n) is 6.58. The van der Waals surface area contributed by atoms with Crippen LogP contribution in [0.15, 0.2) is 5.38 Å². The Kier molecular flexibility index (Phi) is 8.29. The average Bonchev–Trinajstić information content (AvgIpc) is 2.92. The molecule has 0 saturated carbocycles. The second-order valence-electron chi connectivity index (χ2n) is 4.07. The molecule has 1 aromatic rings. The number of rotatable bonds is 9. The number of hydrogen-bond donors (Lipinski definition) is 1. The first kappa shape index (κ1) is 17.0. The Morgan fingerprint density at radius 2 is 2.20 bits per heavy atom. The number of aromatic nitrogens is 1. The molecule has 0 saturated heterocycles. The number of nitrogens with zero attached hydrogens (tertiary/aromatic N) is 1. The van der Waals surface area contributed by atoms with Crippen LogP contribution in [0.1, 0.15) is 46.5 Å². The molecule has 0 fully saturated rings. The Morgan fingerprint density at radius 3 is 2.90 bits per heavy atom. The van der Waals surface area contributed by atoms with Crippen LogP contribution in [0.3, 0.4) is 0 Å². The van der Waals surface area contributed by atoms with Crippen LogP contribution in [0.4, 0.5) is 0 Å². The topological polar surface area (TPSA) is 68.3 Å². The van der Waals surface area contributed by atoms with E-state index < -0.39 is 5.97 Å². The van der Waals surface area contributed by atoms with Crippen LogP contribution in [0.25, 0.3) is 0 Å². The van der Waals surface area contributed by atoms with Crippen molar-refractivity contribution in [1.82, 2.24) is 10.3 Å². The van der Waals surface area contributed by atoms with Gasteiger partial charge in [-0.2, -0.15) is 11.8 Å². The Hall–Kier alpha value is -1.08. The average molecular weight is 316 g/mol. The summed E-state index contributed by atoms with van der Waals surface area (Å²) in [4.78, 5) is 27.2. The third-order valence-electron chi connectivity index (χ3n) is 2.50. The predicted octanol–water partition coefficient (Wildman–Crippen LogP) is 2.58. The lowest BCUT2D eigenvalue weighted by atomic mass is 10.2. The first-order chi connectivity index (χ1) is 9.69. The Balaban J connectivity index is 2.31. The molecule has 0 radical (unpaired) electrons. The highest BCUT2D eigenvalue weighted by Crippen LogP contribution is 2.11. The van der Waals surface area contributed by atoms with Crippen molar-refractivity contribution in [3.63, 3.8) is 0 Å². The molecular formula is C13H20N2O3S2. The Labute approximate surface area is 127 Å². The van der Waals surface area contributed by atoms with E-state index >= 15 is 0 Å². The van der Waals surface area contributed by atoms with Crippen molar-refractivity contribution in [2.75, 3.05) is 25.2 Å². The van der Waals surface area contributed by atoms with E-state index in [1.165, 1.54) is 6.42 Å². The summed E-state index contributed by atoms with van der Waals surface area (Å²) in [6, 6.07) is 0. The number of hydrogen-bond acceptors (Lipinski definition) is 6. The zero-order valence-electron chi connectivity index (χ0n) is 11.8. The number of ether oxygens (including phenoxy) is 1. The van der Waals surface area contributed by atoms with Gasteiger partial charge in [0.1, 0.15) is 5.69 Å². The second kappa shape index (κ2) is 9.77. The van der Waals surface area contributed by atoms with Crippen molar-refractivity contribution in [2.45, 2.75) is 26.2 Å². The van der Waals surface area contributed by atoms with Crippen molar-refractivity contribution < 1.29 is 14.3 Å². The van der Waals surface area contributed by atoms with Crippen molar-refractivity contribution in [3.05, 3.63) is 16.1 Å². The van der Waals surface area contributed by atoms with Gasteiger partial charge in [-0.15, -0.1) is 11.3 Å². The van der Waals surface area contributed by atoms with E-state index in [1.54, 1.807) is 12.3 Å². The highest BCUT2D eigenvalue weighted by atomic mass is 32.2. The molecule has 1 heterocycles. The highest BCUT2D eigenvalue weighted by molar-refractivity contribution is 7.98. The largest absolute Gasteiger partial charge is 0.461 e. The summed E-state index contributed by atoms with van der Waals surface area (Å²) in [5, 5.41) is 4.60. The van der Waals surface area contributed by atoms with E-state index in [0.717, 1.165) is 29.9 Å². The van der Waals surface area contributed by atoms with Gasteiger partial charge in [-0.25, -0.2) is 9.78 Å². The smallest absolute Gasteiger partial charge is 0.367 e. The van der Waals surface area contributed by atoms with Crippen LogP contribution in [-0.4, -0.2) is 42.0 Å². The first-order valence-corrected chi connectivity index (χ1v) is 8.86. The van der Waals surface area contributed by atoms with Crippen molar-refractivity contribution in [2.24, 2.45) is 0 Å². The molecule has 0 bridgehead atoms. The molecule has 0 aliphatic heterocycles. The molecule has 0 aliphatic carbocycles. The maximum atomic E-state index is 11.8. The van der Waals surface area contributed by atoms with Gasteiger partial charge < -0.3 is 10.1 Å². The normalized spacial score (nSPS) is 10.3. The number of unbranched alkanes of at least 4 members (excludes halogenated alkanes) is 2. The molecule has 1 amide bonds. The van der Waals surface area contributed by atoms with E-state index in [4.69, 9.17) is 4.74 Å². The van der Waals surface area contributed by atoms with Gasteiger partial charge in [-0.1, -0.05) is 6.42 Å². The molecular weight excluding hydrogens is 296 g/mol. The number of amides is 1. The standard InChI is InChI=1S/C13H20N2O3S2/c1-3-18-13(17)12-15-10(9-20-12)11(16)14-7-5-4-6-8-19-2/h9H,3-8H2,1-2H3,(H,14,16). The predicted molar refractivity (Wildman–Crippen MR) is 82.6 cm³/mol. The summed E-state index contributed by atoms with van der Waals surface area (Å²) in [6.45, 7) is 2.67. The minimum Gasteiger partial charge on any atom is -0.461 e. The summed E-state index contributed by atoms with van der Waals surface area (Å²) in [5.74, 6) is 0.443. The van der Waals surface area contributed by atoms with Crippen molar-refractivity contribution in [1.29, 1.82) is 0 Å². The number of nitrogens with one attached hydrogen (secondary N) is 1. The molecule has 0 aromatic carbocycles. The van der Waals surface area contributed by atoms with Gasteiger partial charge >= 0.3 is 5.97 Å². The lowest BCUT2D eigenvalue weighted by Gasteiger charge is -2.02. The number of thioether (sulfide) groups is 1. The molecule has 20 heavy (non-hydrogen) atoms. The Morgan fingerprint density at radius 1 is 1.40 bits per heavy atom. The van der Waals surface area contributed by atoms with E-state index in [2.05, 4.69) is 16.6 Å². The van der Waals surface area contributed by atoms with Crippen LogP contribution >= 0.6 is 23.1 Å². The maximum Gasteiger partial charge on any atom is 0.367 e. The molecule has 0 atom stereocenters. The van der Waals surface area contributed by atoms with Gasteiger partial charge in [0, 0.05) is 11.9 Å². The SMILES string of the molecule is CCOC(=O)c1nc(C(=O)NCCCCCSC)cs1. The molecule has 0 aliphatic rings. The van der Waals surface area contributed by atoms with E-state index in [9.17, 15) is 9.59 Å². The van der Waals surface area contributed by atoms with Crippen molar-refractivity contribution >= 4 is 35.0 Å². The minimum absolute atomic E-state index is 0.219. The molecule has 1 N–H and O–H groups in total. The van der Waals surface area contributed by atoms with Crippen LogP contribution in [0, 0.1) is 0 Å². The third kappa shape index (κ3) is 5.92. The van der Waals surface area contributed by atoms with Gasteiger partial charge in [0.25, 0.3) is 5.91 Å². The van der Waals surface area contributed by atoms with Gasteiger partial charge in [0.2, 0.25) is 5.01 Å². The quantitative estimate of drug-likeness (QED) is 0.560. The van der Waals surface area contributed by atoms with Gasteiger partial charge in [0.05, 0.1) is 6.61 Å². The highest BCUT2D eigenvalue weighted by Gasteiger charge is 2.15. The zero-order chi connectivity index (χ0) is 14.8. The van der Waals surface area contributed by atoms with Gasteiger partial charge in [-0.05, 0) is 31.8 Å². The van der Waals surface area contributed by atoms with Gasteiger partial charge in [0.15, 0.2) is 0 Å². The molecule has 112 valence electrons. The Bertz CT molecular complexity index is 435. The number of thiazole rings is 1. The summed E-state index contributed by atoms with van der Waals surface area (Å²) in [6.07, 6.45) is 5.32. The lowest BCUT2D eigenvalue weighted by Crippen LogP contribution is -2.24. The lowest BCUT2D eigenvalue weighted by molar-refractivity contribution is 0.0526. The fourth-order valence-corrected chi connectivity index (χ4v) is 2.69. The molecule has 5 nitrogen and oxygen atoms in total. The van der Waals surface area contributed by atoms with E-state index in [-0.39, 0.29) is 16.6 Å². The maximum absolute atomic E-state index is 11.8. The fraction of sp³-hybridized carbons (Fsp3) is 0.615. The summed E-state index contributed by atoms with van der Waals surface area (Å²) in [7, 11) is 0. The van der Waals surface area contributed by atoms with Crippen LogP contribution in [0.2, 0.25) is 0 Å².